The predicted octanol–water partition coefficient (Wildman–Crippen LogP) is 4.48. The van der Waals surface area contributed by atoms with E-state index in [0.29, 0.717) is 15.7 Å². The van der Waals surface area contributed by atoms with Crippen molar-refractivity contribution in [1.82, 2.24) is 5.32 Å². The summed E-state index contributed by atoms with van der Waals surface area (Å²) in [6.45, 7) is -0.169. The van der Waals surface area contributed by atoms with Crippen molar-refractivity contribution < 1.29 is 9.59 Å². The van der Waals surface area contributed by atoms with E-state index in [1.807, 2.05) is 30.5 Å². The zero-order valence-electron chi connectivity index (χ0n) is 13.4. The molecule has 25 heavy (non-hydrogen) atoms. The number of anilines is 1. The van der Waals surface area contributed by atoms with Gasteiger partial charge in [-0.25, -0.2) is 0 Å². The van der Waals surface area contributed by atoms with Crippen LogP contribution in [0.15, 0.2) is 53.4 Å². The summed E-state index contributed by atoms with van der Waals surface area (Å²) in [7, 11) is 0. The lowest BCUT2D eigenvalue weighted by Gasteiger charge is -2.08. The van der Waals surface area contributed by atoms with Crippen LogP contribution in [0.4, 0.5) is 5.69 Å². The molecule has 0 radical (unpaired) electrons. The Kier molecular flexibility index (Phi) is 7.37. The molecule has 0 unspecified atom stereocenters. The van der Waals surface area contributed by atoms with Gasteiger partial charge in [0.2, 0.25) is 11.8 Å². The van der Waals surface area contributed by atoms with Gasteiger partial charge < -0.3 is 10.6 Å². The topological polar surface area (TPSA) is 58.2 Å². The highest BCUT2D eigenvalue weighted by Gasteiger charge is 2.07. The molecule has 2 aromatic carbocycles. The van der Waals surface area contributed by atoms with Gasteiger partial charge in [0.15, 0.2) is 0 Å². The maximum atomic E-state index is 11.9. The second kappa shape index (κ2) is 9.51. The predicted molar refractivity (Wildman–Crippen MR) is 105 cm³/mol. The average molecular weight is 395 g/mol. The number of rotatable bonds is 6. The molecule has 2 aromatic rings. The fourth-order valence-electron chi connectivity index (χ4n) is 1.90. The number of hydrogen-bond donors (Lipinski definition) is 2. The lowest BCUT2D eigenvalue weighted by atomic mass is 10.2. The molecule has 0 fully saturated rings. The number of carbonyl (C=O) groups is 2. The molecule has 0 aliphatic rings. The molecule has 0 atom stereocenters. The van der Waals surface area contributed by atoms with Gasteiger partial charge in [0, 0.05) is 16.0 Å². The molecule has 0 saturated heterocycles. The Labute approximate surface area is 160 Å². The third-order valence-corrected chi connectivity index (χ3v) is 4.48. The lowest BCUT2D eigenvalue weighted by Crippen LogP contribution is -2.31. The zero-order chi connectivity index (χ0) is 18.2. The zero-order valence-corrected chi connectivity index (χ0v) is 15.7. The average Bonchev–Trinajstić information content (AvgIpc) is 2.61. The van der Waals surface area contributed by atoms with Gasteiger partial charge in [0.25, 0.3) is 0 Å². The normalized spacial score (nSPS) is 10.7. The molecule has 2 amide bonds. The number of carbonyl (C=O) groups excluding carboxylic acids is 2. The van der Waals surface area contributed by atoms with Gasteiger partial charge in [0.05, 0.1) is 17.3 Å². The Morgan fingerprint density at radius 2 is 1.84 bits per heavy atom. The van der Waals surface area contributed by atoms with Crippen LogP contribution in [0.1, 0.15) is 5.56 Å². The first-order valence-electron chi connectivity index (χ1n) is 7.33. The van der Waals surface area contributed by atoms with E-state index in [2.05, 4.69) is 10.6 Å². The molecule has 130 valence electrons. The summed E-state index contributed by atoms with van der Waals surface area (Å²) in [6.07, 6.45) is 5.07. The Bertz CT molecular complexity index is 792. The Hall–Kier alpha value is -1.95. The summed E-state index contributed by atoms with van der Waals surface area (Å²) in [5.74, 6) is -0.753. The number of benzene rings is 2. The minimum atomic E-state index is -0.393. The molecule has 0 aromatic heterocycles. The van der Waals surface area contributed by atoms with Gasteiger partial charge in [0.1, 0.15) is 0 Å². The van der Waals surface area contributed by atoms with Crippen LogP contribution >= 0.6 is 35.0 Å². The molecule has 0 saturated carbocycles. The minimum absolute atomic E-state index is 0.169. The number of halogens is 2. The summed E-state index contributed by atoms with van der Waals surface area (Å²) in [4.78, 5) is 24.8. The van der Waals surface area contributed by atoms with Crippen LogP contribution in [0.2, 0.25) is 10.0 Å². The summed E-state index contributed by atoms with van der Waals surface area (Å²) >= 11 is 13.5. The monoisotopic (exact) mass is 394 g/mol. The van der Waals surface area contributed by atoms with Crippen molar-refractivity contribution in [2.24, 2.45) is 0 Å². The maximum absolute atomic E-state index is 11.9. The van der Waals surface area contributed by atoms with Gasteiger partial charge in [-0.3, -0.25) is 9.59 Å². The first-order chi connectivity index (χ1) is 12.0. The largest absolute Gasteiger partial charge is 0.343 e. The molecule has 7 heteroatoms. The summed E-state index contributed by atoms with van der Waals surface area (Å²) in [6, 6.07) is 12.5. The van der Waals surface area contributed by atoms with Crippen LogP contribution in [-0.2, 0) is 9.59 Å². The van der Waals surface area contributed by atoms with Crippen LogP contribution in [0.5, 0.6) is 0 Å². The third kappa shape index (κ3) is 6.46. The molecule has 0 bridgehead atoms. The van der Waals surface area contributed by atoms with Crippen LogP contribution in [-0.4, -0.2) is 24.6 Å². The molecule has 0 heterocycles. The van der Waals surface area contributed by atoms with Crippen molar-refractivity contribution in [3.63, 3.8) is 0 Å². The highest BCUT2D eigenvalue weighted by atomic mass is 35.5. The van der Waals surface area contributed by atoms with Crippen LogP contribution in [0.3, 0.4) is 0 Å². The smallest absolute Gasteiger partial charge is 0.244 e. The number of hydrogen-bond acceptors (Lipinski definition) is 3. The van der Waals surface area contributed by atoms with Crippen molar-refractivity contribution >= 4 is 58.5 Å². The van der Waals surface area contributed by atoms with Gasteiger partial charge in [-0.05, 0) is 48.2 Å². The van der Waals surface area contributed by atoms with Crippen molar-refractivity contribution in [2.75, 3.05) is 18.1 Å². The van der Waals surface area contributed by atoms with Gasteiger partial charge in [-0.1, -0.05) is 35.3 Å². The third-order valence-electron chi connectivity index (χ3n) is 3.17. The Morgan fingerprint density at radius 3 is 2.52 bits per heavy atom. The molecule has 0 aliphatic carbocycles. The van der Waals surface area contributed by atoms with Crippen molar-refractivity contribution in [2.45, 2.75) is 4.90 Å². The van der Waals surface area contributed by atoms with E-state index >= 15 is 0 Å². The van der Waals surface area contributed by atoms with E-state index in [-0.39, 0.29) is 12.5 Å². The van der Waals surface area contributed by atoms with E-state index < -0.39 is 5.91 Å². The SMILES string of the molecule is CSc1ccc(/C=C/C(=O)NCC(=O)Nc2cc(Cl)ccc2Cl)cc1. The Balaban J connectivity index is 1.83. The number of amides is 2. The fraction of sp³-hybridized carbons (Fsp3) is 0.111. The maximum Gasteiger partial charge on any atom is 0.244 e. The number of thioether (sulfide) groups is 1. The second-order valence-corrected chi connectivity index (χ2v) is 6.72. The molecule has 2 N–H and O–H groups in total. The minimum Gasteiger partial charge on any atom is -0.343 e. The molecule has 0 aliphatic heterocycles. The standard InChI is InChI=1S/C18H16Cl2N2O2S/c1-25-14-6-2-12(3-7-14)4-9-17(23)21-11-18(24)22-16-10-13(19)5-8-15(16)20/h2-10H,11H2,1H3,(H,21,23)(H,22,24)/b9-4+. The van der Waals surface area contributed by atoms with E-state index in [1.165, 1.54) is 6.08 Å². The molecule has 0 spiro atoms. The molecular formula is C18H16Cl2N2O2S. The fourth-order valence-corrected chi connectivity index (χ4v) is 2.65. The molecule has 2 rings (SSSR count). The van der Waals surface area contributed by atoms with Gasteiger partial charge in [-0.15, -0.1) is 11.8 Å². The number of nitrogens with one attached hydrogen (secondary N) is 2. The molecule has 4 nitrogen and oxygen atoms in total. The highest BCUT2D eigenvalue weighted by molar-refractivity contribution is 7.98. The summed E-state index contributed by atoms with van der Waals surface area (Å²) < 4.78 is 0. The summed E-state index contributed by atoms with van der Waals surface area (Å²) in [5, 5.41) is 5.94. The Morgan fingerprint density at radius 1 is 1.12 bits per heavy atom. The highest BCUT2D eigenvalue weighted by Crippen LogP contribution is 2.25. The van der Waals surface area contributed by atoms with Crippen molar-refractivity contribution in [3.05, 3.63) is 64.1 Å². The second-order valence-electron chi connectivity index (χ2n) is 5.00. The molecular weight excluding hydrogens is 379 g/mol. The van der Waals surface area contributed by atoms with E-state index in [4.69, 9.17) is 23.2 Å². The van der Waals surface area contributed by atoms with Gasteiger partial charge in [-0.2, -0.15) is 0 Å². The van der Waals surface area contributed by atoms with E-state index in [1.54, 1.807) is 36.0 Å². The first kappa shape index (κ1) is 19.4. The van der Waals surface area contributed by atoms with Crippen LogP contribution < -0.4 is 10.6 Å². The van der Waals surface area contributed by atoms with Crippen LogP contribution in [0, 0.1) is 0 Å². The van der Waals surface area contributed by atoms with E-state index in [0.717, 1.165) is 10.5 Å². The summed E-state index contributed by atoms with van der Waals surface area (Å²) in [5.41, 5.74) is 1.31. The van der Waals surface area contributed by atoms with E-state index in [9.17, 15) is 9.59 Å². The lowest BCUT2D eigenvalue weighted by molar-refractivity contribution is -0.121. The van der Waals surface area contributed by atoms with Gasteiger partial charge >= 0.3 is 0 Å². The van der Waals surface area contributed by atoms with Crippen LogP contribution in [0.25, 0.3) is 6.08 Å². The quantitative estimate of drug-likeness (QED) is 0.560. The first-order valence-corrected chi connectivity index (χ1v) is 9.31. The van der Waals surface area contributed by atoms with Crippen molar-refractivity contribution in [1.29, 1.82) is 0 Å². The van der Waals surface area contributed by atoms with Crippen molar-refractivity contribution in [3.8, 4) is 0 Å².